The van der Waals surface area contributed by atoms with Crippen molar-refractivity contribution in [1.82, 2.24) is 10.2 Å². The Balaban J connectivity index is 2.68. The van der Waals surface area contributed by atoms with Gasteiger partial charge in [-0.05, 0) is 30.7 Å². The van der Waals surface area contributed by atoms with Crippen LogP contribution in [0, 0.1) is 0 Å². The summed E-state index contributed by atoms with van der Waals surface area (Å²) >= 11 is 0. The third-order valence-corrected chi connectivity index (χ3v) is 2.99. The van der Waals surface area contributed by atoms with E-state index in [1.165, 1.54) is 0 Å². The van der Waals surface area contributed by atoms with Gasteiger partial charge < -0.3 is 10.2 Å². The third-order valence-electron chi connectivity index (χ3n) is 2.99. The number of carbonyl (C=O) groups excluding carboxylic acids is 2. The Hall–Kier alpha value is -2.10. The molecule has 0 fully saturated rings. The molecule has 0 aliphatic carbocycles. The Labute approximate surface area is 120 Å². The van der Waals surface area contributed by atoms with Crippen molar-refractivity contribution in [1.29, 1.82) is 0 Å². The molecule has 0 saturated carbocycles. The van der Waals surface area contributed by atoms with E-state index >= 15 is 0 Å². The molecule has 4 nitrogen and oxygen atoms in total. The van der Waals surface area contributed by atoms with Gasteiger partial charge in [0.2, 0.25) is 0 Å². The molecule has 20 heavy (non-hydrogen) atoms. The zero-order chi connectivity index (χ0) is 15.0. The van der Waals surface area contributed by atoms with Crippen molar-refractivity contribution in [3.8, 4) is 0 Å². The van der Waals surface area contributed by atoms with Crippen LogP contribution in [0.25, 0.3) is 0 Å². The lowest BCUT2D eigenvalue weighted by atomic mass is 10.1. The first-order valence-corrected chi connectivity index (χ1v) is 6.84. The van der Waals surface area contributed by atoms with Crippen LogP contribution in [0.5, 0.6) is 0 Å². The number of rotatable bonds is 7. The van der Waals surface area contributed by atoms with Gasteiger partial charge in [0.25, 0.3) is 11.8 Å². The van der Waals surface area contributed by atoms with Crippen molar-refractivity contribution >= 4 is 11.8 Å². The average Bonchev–Trinajstić information content (AvgIpc) is 2.49. The number of unbranched alkanes of at least 4 members (excludes halogenated alkanes) is 1. The third kappa shape index (κ3) is 4.53. The number of nitrogens with one attached hydrogen (secondary N) is 1. The van der Waals surface area contributed by atoms with Crippen LogP contribution in [0.2, 0.25) is 0 Å². The summed E-state index contributed by atoms with van der Waals surface area (Å²) in [4.78, 5) is 25.5. The minimum Gasteiger partial charge on any atom is -0.349 e. The van der Waals surface area contributed by atoms with Crippen LogP contribution < -0.4 is 5.32 Å². The second-order valence-electron chi connectivity index (χ2n) is 4.66. The molecule has 0 aromatic heterocycles. The van der Waals surface area contributed by atoms with Gasteiger partial charge in [-0.25, -0.2) is 0 Å². The van der Waals surface area contributed by atoms with E-state index in [4.69, 9.17) is 0 Å². The van der Waals surface area contributed by atoms with E-state index in [0.29, 0.717) is 17.7 Å². The lowest BCUT2D eigenvalue weighted by Gasteiger charge is -2.16. The van der Waals surface area contributed by atoms with Gasteiger partial charge in [0.15, 0.2) is 0 Å². The van der Waals surface area contributed by atoms with Gasteiger partial charge in [0.05, 0.1) is 0 Å². The highest BCUT2D eigenvalue weighted by Gasteiger charge is 2.12. The number of hydrogen-bond acceptors (Lipinski definition) is 2. The fraction of sp³-hybridized carbons (Fsp3) is 0.375. The van der Waals surface area contributed by atoms with Gasteiger partial charge in [-0.15, -0.1) is 6.58 Å². The van der Waals surface area contributed by atoms with E-state index < -0.39 is 0 Å². The second-order valence-corrected chi connectivity index (χ2v) is 4.66. The molecule has 1 rings (SSSR count). The molecule has 1 aromatic carbocycles. The predicted molar refractivity (Wildman–Crippen MR) is 80.8 cm³/mol. The van der Waals surface area contributed by atoms with Gasteiger partial charge >= 0.3 is 0 Å². The summed E-state index contributed by atoms with van der Waals surface area (Å²) in [6.45, 7) is 6.81. The summed E-state index contributed by atoms with van der Waals surface area (Å²) in [5.41, 5.74) is 1.14. The van der Waals surface area contributed by atoms with E-state index in [2.05, 4.69) is 18.8 Å². The number of carbonyl (C=O) groups is 2. The largest absolute Gasteiger partial charge is 0.349 e. The maximum Gasteiger partial charge on any atom is 0.253 e. The molecular formula is C16H22N2O2. The highest BCUT2D eigenvalue weighted by atomic mass is 16.2. The fourth-order valence-corrected chi connectivity index (χ4v) is 1.75. The summed E-state index contributed by atoms with van der Waals surface area (Å²) < 4.78 is 0. The standard InChI is InChI=1S/C16H22N2O2/c1-4-6-12-18(3)16(20)14-9-7-13(8-10-14)15(19)17-11-5-2/h5,7-10H,2,4,6,11-12H2,1,3H3,(H,17,19). The van der Waals surface area contributed by atoms with E-state index in [1.54, 1.807) is 42.3 Å². The van der Waals surface area contributed by atoms with Gasteiger partial charge in [0.1, 0.15) is 0 Å². The molecule has 0 aliphatic rings. The number of nitrogens with zero attached hydrogens (tertiary/aromatic N) is 1. The number of amides is 2. The molecular weight excluding hydrogens is 252 g/mol. The highest BCUT2D eigenvalue weighted by Crippen LogP contribution is 2.08. The van der Waals surface area contributed by atoms with E-state index in [9.17, 15) is 9.59 Å². The Morgan fingerprint density at radius 3 is 2.40 bits per heavy atom. The lowest BCUT2D eigenvalue weighted by molar-refractivity contribution is 0.0792. The Morgan fingerprint density at radius 2 is 1.85 bits per heavy atom. The molecule has 0 bridgehead atoms. The van der Waals surface area contributed by atoms with Crippen LogP contribution in [0.3, 0.4) is 0 Å². The highest BCUT2D eigenvalue weighted by molar-refractivity contribution is 5.97. The summed E-state index contributed by atoms with van der Waals surface area (Å²) in [5, 5.41) is 2.70. The first-order chi connectivity index (χ1) is 9.60. The monoisotopic (exact) mass is 274 g/mol. The van der Waals surface area contributed by atoms with Crippen molar-refractivity contribution in [3.63, 3.8) is 0 Å². The molecule has 0 heterocycles. The molecule has 1 aromatic rings. The zero-order valence-corrected chi connectivity index (χ0v) is 12.2. The van der Waals surface area contributed by atoms with Crippen molar-refractivity contribution in [3.05, 3.63) is 48.0 Å². The SMILES string of the molecule is C=CCNC(=O)c1ccc(C(=O)N(C)CCCC)cc1. The molecule has 4 heteroatoms. The van der Waals surface area contributed by atoms with Gasteiger partial charge in [-0.1, -0.05) is 19.4 Å². The van der Waals surface area contributed by atoms with Crippen LogP contribution in [0.1, 0.15) is 40.5 Å². The summed E-state index contributed by atoms with van der Waals surface area (Å²) in [5.74, 6) is -0.181. The summed E-state index contributed by atoms with van der Waals surface area (Å²) in [6, 6.07) is 6.71. The molecule has 0 radical (unpaired) electrons. The molecule has 2 amide bonds. The summed E-state index contributed by atoms with van der Waals surface area (Å²) in [7, 11) is 1.79. The first-order valence-electron chi connectivity index (χ1n) is 6.84. The number of benzene rings is 1. The Morgan fingerprint density at radius 1 is 1.25 bits per heavy atom. The Kier molecular flexibility index (Phi) is 6.50. The van der Waals surface area contributed by atoms with Crippen LogP contribution in [-0.4, -0.2) is 36.9 Å². The molecule has 0 atom stereocenters. The van der Waals surface area contributed by atoms with E-state index in [-0.39, 0.29) is 11.8 Å². The van der Waals surface area contributed by atoms with Crippen molar-refractivity contribution in [2.45, 2.75) is 19.8 Å². The van der Waals surface area contributed by atoms with Crippen molar-refractivity contribution < 1.29 is 9.59 Å². The fourth-order valence-electron chi connectivity index (χ4n) is 1.75. The Bertz CT molecular complexity index is 466. The second kappa shape index (κ2) is 8.15. The molecule has 0 aliphatic heterocycles. The van der Waals surface area contributed by atoms with E-state index in [0.717, 1.165) is 19.4 Å². The minimum absolute atomic E-state index is 0.0171. The zero-order valence-electron chi connectivity index (χ0n) is 12.2. The van der Waals surface area contributed by atoms with Crippen LogP contribution in [-0.2, 0) is 0 Å². The molecule has 0 spiro atoms. The lowest BCUT2D eigenvalue weighted by Crippen LogP contribution is -2.28. The maximum absolute atomic E-state index is 12.1. The van der Waals surface area contributed by atoms with Crippen LogP contribution >= 0.6 is 0 Å². The van der Waals surface area contributed by atoms with Gasteiger partial charge in [-0.2, -0.15) is 0 Å². The maximum atomic E-state index is 12.1. The van der Waals surface area contributed by atoms with E-state index in [1.807, 2.05) is 0 Å². The molecule has 0 saturated heterocycles. The topological polar surface area (TPSA) is 49.4 Å². The average molecular weight is 274 g/mol. The van der Waals surface area contributed by atoms with Crippen molar-refractivity contribution in [2.24, 2.45) is 0 Å². The minimum atomic E-state index is -0.164. The first kappa shape index (κ1) is 16.0. The van der Waals surface area contributed by atoms with Gasteiger partial charge in [0, 0.05) is 31.3 Å². The summed E-state index contributed by atoms with van der Waals surface area (Å²) in [6.07, 6.45) is 3.67. The molecule has 0 unspecified atom stereocenters. The van der Waals surface area contributed by atoms with Gasteiger partial charge in [-0.3, -0.25) is 9.59 Å². The number of hydrogen-bond donors (Lipinski definition) is 1. The predicted octanol–water partition coefficient (Wildman–Crippen LogP) is 2.47. The smallest absolute Gasteiger partial charge is 0.253 e. The molecule has 1 N–H and O–H groups in total. The quantitative estimate of drug-likeness (QED) is 0.777. The molecule has 108 valence electrons. The van der Waals surface area contributed by atoms with Crippen LogP contribution in [0.4, 0.5) is 0 Å². The normalized spacial score (nSPS) is 9.90. The van der Waals surface area contributed by atoms with Crippen LogP contribution in [0.15, 0.2) is 36.9 Å². The van der Waals surface area contributed by atoms with Crippen molar-refractivity contribution in [2.75, 3.05) is 20.1 Å².